The topological polar surface area (TPSA) is 59.8 Å². The highest BCUT2D eigenvalue weighted by Crippen LogP contribution is 2.34. The van der Waals surface area contributed by atoms with E-state index in [4.69, 9.17) is 27.9 Å². The second-order valence-corrected chi connectivity index (χ2v) is 7.76. The fourth-order valence-electron chi connectivity index (χ4n) is 3.44. The number of rotatable bonds is 5. The molecule has 7 heteroatoms. The third-order valence-corrected chi connectivity index (χ3v) is 5.78. The molecule has 156 valence electrons. The van der Waals surface area contributed by atoms with Gasteiger partial charge in [0, 0.05) is 28.0 Å². The van der Waals surface area contributed by atoms with Crippen LogP contribution < -0.4 is 10.1 Å². The number of ether oxygens (including phenoxy) is 1. The Morgan fingerprint density at radius 3 is 2.52 bits per heavy atom. The molecule has 0 saturated carbocycles. The van der Waals surface area contributed by atoms with Crippen LogP contribution in [0.1, 0.15) is 16.1 Å². The number of Topliss-reactive ketones (excluding diaryl/α,β-unsaturated/α-hetero) is 1. The third-order valence-electron chi connectivity index (χ3n) is 5.08. The number of hydrogen-bond acceptors (Lipinski definition) is 3. The van der Waals surface area contributed by atoms with Crippen molar-refractivity contribution in [3.63, 3.8) is 0 Å². The molecule has 0 aliphatic rings. The molecular weight excluding hydrogens is 435 g/mol. The Hall–Kier alpha value is -3.28. The lowest BCUT2D eigenvalue weighted by atomic mass is 10.0. The van der Waals surface area contributed by atoms with Crippen LogP contribution in [0.25, 0.3) is 16.6 Å². The number of halogens is 2. The van der Waals surface area contributed by atoms with Crippen molar-refractivity contribution in [1.82, 2.24) is 4.40 Å². The number of benzene rings is 2. The van der Waals surface area contributed by atoms with Crippen molar-refractivity contribution >= 4 is 46.1 Å². The average molecular weight is 453 g/mol. The molecule has 1 N–H and O–H groups in total. The maximum absolute atomic E-state index is 13.3. The fourth-order valence-corrected chi connectivity index (χ4v) is 3.87. The van der Waals surface area contributed by atoms with Crippen LogP contribution in [0.2, 0.25) is 10.0 Å². The van der Waals surface area contributed by atoms with Gasteiger partial charge in [0.1, 0.15) is 11.4 Å². The Labute approximate surface area is 189 Å². The van der Waals surface area contributed by atoms with E-state index in [2.05, 4.69) is 5.32 Å². The van der Waals surface area contributed by atoms with Crippen molar-refractivity contribution in [2.75, 3.05) is 12.4 Å². The summed E-state index contributed by atoms with van der Waals surface area (Å²) in [7, 11) is 1.53. The highest BCUT2D eigenvalue weighted by molar-refractivity contribution is 6.47. The predicted molar refractivity (Wildman–Crippen MR) is 124 cm³/mol. The number of carbonyl (C=O) groups is 2. The molecule has 2 aromatic heterocycles. The van der Waals surface area contributed by atoms with Crippen LogP contribution in [0.4, 0.5) is 5.69 Å². The minimum atomic E-state index is -0.755. The minimum Gasteiger partial charge on any atom is -0.495 e. The molecule has 0 unspecified atom stereocenters. The van der Waals surface area contributed by atoms with Crippen molar-refractivity contribution in [2.45, 2.75) is 6.92 Å². The van der Waals surface area contributed by atoms with Crippen molar-refractivity contribution < 1.29 is 14.3 Å². The van der Waals surface area contributed by atoms with Crippen LogP contribution in [0.15, 0.2) is 66.9 Å². The highest BCUT2D eigenvalue weighted by atomic mass is 35.5. The van der Waals surface area contributed by atoms with Gasteiger partial charge in [-0.25, -0.2) is 0 Å². The van der Waals surface area contributed by atoms with Gasteiger partial charge in [-0.3, -0.25) is 9.59 Å². The number of methoxy groups -OCH3 is 1. The maximum Gasteiger partial charge on any atom is 0.298 e. The second-order valence-electron chi connectivity index (χ2n) is 6.95. The highest BCUT2D eigenvalue weighted by Gasteiger charge is 2.25. The normalized spacial score (nSPS) is 10.8. The predicted octanol–water partition coefficient (Wildman–Crippen LogP) is 6.05. The van der Waals surface area contributed by atoms with E-state index in [0.29, 0.717) is 38.2 Å². The zero-order chi connectivity index (χ0) is 22.1. The Bertz CT molecular complexity index is 1330. The van der Waals surface area contributed by atoms with E-state index in [-0.39, 0.29) is 5.69 Å². The first-order valence-corrected chi connectivity index (χ1v) is 10.2. The minimum absolute atomic E-state index is 0.244. The number of fused-ring (bicyclic) bond motifs is 1. The summed E-state index contributed by atoms with van der Waals surface area (Å²) in [6.45, 7) is 1.78. The molecule has 0 saturated heterocycles. The van der Waals surface area contributed by atoms with Gasteiger partial charge >= 0.3 is 0 Å². The van der Waals surface area contributed by atoms with Gasteiger partial charge in [-0.05, 0) is 60.5 Å². The summed E-state index contributed by atoms with van der Waals surface area (Å²) in [5.74, 6) is -0.904. The monoisotopic (exact) mass is 452 g/mol. The summed E-state index contributed by atoms with van der Waals surface area (Å²) < 4.78 is 6.91. The van der Waals surface area contributed by atoms with Crippen LogP contribution in [-0.4, -0.2) is 23.2 Å². The first-order valence-electron chi connectivity index (χ1n) is 9.45. The van der Waals surface area contributed by atoms with Crippen molar-refractivity contribution in [2.24, 2.45) is 0 Å². The fraction of sp³-hybridized carbons (Fsp3) is 0.0833. The van der Waals surface area contributed by atoms with E-state index in [1.165, 1.54) is 7.11 Å². The van der Waals surface area contributed by atoms with Crippen LogP contribution in [0.5, 0.6) is 5.75 Å². The molecule has 0 radical (unpaired) electrons. The third kappa shape index (κ3) is 3.90. The van der Waals surface area contributed by atoms with Crippen LogP contribution in [-0.2, 0) is 4.79 Å². The average Bonchev–Trinajstić information content (AvgIpc) is 3.15. The molecule has 0 bridgehead atoms. The number of pyridine rings is 1. The molecule has 2 heterocycles. The summed E-state index contributed by atoms with van der Waals surface area (Å²) in [5.41, 5.74) is 3.49. The van der Waals surface area contributed by atoms with E-state index in [1.807, 2.05) is 18.2 Å². The lowest BCUT2D eigenvalue weighted by Gasteiger charge is -2.11. The second kappa shape index (κ2) is 8.46. The molecular formula is C24H18Cl2N2O3. The zero-order valence-corrected chi connectivity index (χ0v) is 18.3. The number of ketones is 1. The van der Waals surface area contributed by atoms with Crippen LogP contribution in [0.3, 0.4) is 0 Å². The van der Waals surface area contributed by atoms with Gasteiger partial charge in [0.15, 0.2) is 0 Å². The standard InChI is InChI=1S/C24H18Cl2N2O3/c1-14-18(25)7-5-8-20(14)27-24(30)23(29)22-17(13-16-6-3-4-11-28(16)22)15-9-10-21(31-2)19(26)12-15/h3-13H,1-2H3,(H,27,30). The Morgan fingerprint density at radius 2 is 1.77 bits per heavy atom. The van der Waals surface area contributed by atoms with Crippen LogP contribution in [0, 0.1) is 6.92 Å². The molecule has 0 fully saturated rings. The van der Waals surface area contributed by atoms with Crippen molar-refractivity contribution in [3.8, 4) is 16.9 Å². The first-order chi connectivity index (χ1) is 14.9. The van der Waals surface area contributed by atoms with E-state index >= 15 is 0 Å². The number of aromatic nitrogens is 1. The number of carbonyl (C=O) groups excluding carboxylic acids is 2. The van der Waals surface area contributed by atoms with Gasteiger partial charge < -0.3 is 14.5 Å². The molecule has 0 aliphatic carbocycles. The van der Waals surface area contributed by atoms with Gasteiger partial charge in [0.2, 0.25) is 0 Å². The lowest BCUT2D eigenvalue weighted by Crippen LogP contribution is -2.25. The summed E-state index contributed by atoms with van der Waals surface area (Å²) in [4.78, 5) is 26.2. The molecule has 0 atom stereocenters. The molecule has 31 heavy (non-hydrogen) atoms. The molecule has 4 rings (SSSR count). The van der Waals surface area contributed by atoms with Gasteiger partial charge in [0.25, 0.3) is 11.7 Å². The van der Waals surface area contributed by atoms with Gasteiger partial charge in [-0.1, -0.05) is 41.4 Å². The molecule has 1 amide bonds. The number of anilines is 1. The van der Waals surface area contributed by atoms with Crippen LogP contribution >= 0.6 is 23.2 Å². The van der Waals surface area contributed by atoms with E-state index in [9.17, 15) is 9.59 Å². The molecule has 5 nitrogen and oxygen atoms in total. The number of amides is 1. The van der Waals surface area contributed by atoms with E-state index < -0.39 is 11.7 Å². The largest absolute Gasteiger partial charge is 0.495 e. The summed E-state index contributed by atoms with van der Waals surface area (Å²) >= 11 is 12.4. The number of hydrogen-bond donors (Lipinski definition) is 1. The van der Waals surface area contributed by atoms with E-state index in [0.717, 1.165) is 5.52 Å². The van der Waals surface area contributed by atoms with Gasteiger partial charge in [-0.2, -0.15) is 0 Å². The molecule has 4 aromatic rings. The Kier molecular flexibility index (Phi) is 5.72. The van der Waals surface area contributed by atoms with Gasteiger partial charge in [0.05, 0.1) is 12.1 Å². The summed E-state index contributed by atoms with van der Waals surface area (Å²) in [6, 6.07) is 17.8. The van der Waals surface area contributed by atoms with Gasteiger partial charge in [-0.15, -0.1) is 0 Å². The summed E-state index contributed by atoms with van der Waals surface area (Å²) in [6.07, 6.45) is 1.75. The number of nitrogens with one attached hydrogen (secondary N) is 1. The Balaban J connectivity index is 1.80. The molecule has 0 aliphatic heterocycles. The smallest absolute Gasteiger partial charge is 0.298 e. The SMILES string of the molecule is COc1ccc(-c2cc3ccccn3c2C(=O)C(=O)Nc2cccc(Cl)c2C)cc1Cl. The summed E-state index contributed by atoms with van der Waals surface area (Å²) in [5, 5.41) is 3.60. The maximum atomic E-state index is 13.3. The zero-order valence-electron chi connectivity index (χ0n) is 16.8. The number of nitrogens with zero attached hydrogens (tertiary/aromatic N) is 1. The molecule has 0 spiro atoms. The Morgan fingerprint density at radius 1 is 0.968 bits per heavy atom. The van der Waals surface area contributed by atoms with Crippen molar-refractivity contribution in [3.05, 3.63) is 88.2 Å². The lowest BCUT2D eigenvalue weighted by molar-refractivity contribution is -0.112. The quantitative estimate of drug-likeness (QED) is 0.296. The van der Waals surface area contributed by atoms with E-state index in [1.54, 1.807) is 60.0 Å². The molecule has 2 aromatic carbocycles. The first kappa shape index (κ1) is 21.0. The van der Waals surface area contributed by atoms with Crippen molar-refractivity contribution in [1.29, 1.82) is 0 Å².